The highest BCUT2D eigenvalue weighted by Gasteiger charge is 2.28. The fourth-order valence-corrected chi connectivity index (χ4v) is 5.23. The Labute approximate surface area is 183 Å². The zero-order chi connectivity index (χ0) is 21.8. The highest BCUT2D eigenvalue weighted by atomic mass is 32.2. The van der Waals surface area contributed by atoms with Gasteiger partial charge in [-0.2, -0.15) is 4.31 Å². The largest absolute Gasteiger partial charge is 0.379 e. The average molecular weight is 439 g/mol. The van der Waals surface area contributed by atoms with E-state index in [1.807, 2.05) is 42.5 Å². The van der Waals surface area contributed by atoms with Crippen LogP contribution in [0.5, 0.6) is 0 Å². The molecule has 31 heavy (non-hydrogen) atoms. The Morgan fingerprint density at radius 3 is 2.42 bits per heavy atom. The highest BCUT2D eigenvalue weighted by Crippen LogP contribution is 2.27. The Morgan fingerprint density at radius 2 is 1.74 bits per heavy atom. The van der Waals surface area contributed by atoms with Gasteiger partial charge in [0.1, 0.15) is 5.82 Å². The van der Waals surface area contributed by atoms with Crippen molar-refractivity contribution < 1.29 is 13.2 Å². The highest BCUT2D eigenvalue weighted by molar-refractivity contribution is 7.89. The molecular weight excluding hydrogens is 412 g/mol. The van der Waals surface area contributed by atoms with Gasteiger partial charge in [0.2, 0.25) is 10.0 Å². The van der Waals surface area contributed by atoms with Crippen molar-refractivity contribution in [1.82, 2.24) is 14.5 Å². The van der Waals surface area contributed by atoms with Gasteiger partial charge in [0.25, 0.3) is 0 Å². The van der Waals surface area contributed by atoms with Gasteiger partial charge in [-0.15, -0.1) is 10.2 Å². The quantitative estimate of drug-likeness (QED) is 0.632. The number of benzene rings is 2. The average Bonchev–Trinajstić information content (AvgIpc) is 2.81. The molecule has 8 heteroatoms. The topological polar surface area (TPSA) is 84.4 Å². The van der Waals surface area contributed by atoms with Crippen molar-refractivity contribution in [2.24, 2.45) is 0 Å². The van der Waals surface area contributed by atoms with Crippen LogP contribution in [0, 0.1) is 6.92 Å². The van der Waals surface area contributed by atoms with Gasteiger partial charge in [-0.3, -0.25) is 0 Å². The molecule has 1 atom stereocenters. The number of aromatic nitrogens is 2. The minimum Gasteiger partial charge on any atom is -0.379 e. The summed E-state index contributed by atoms with van der Waals surface area (Å²) >= 11 is 0. The summed E-state index contributed by atoms with van der Waals surface area (Å²) in [6, 6.07) is 19.3. The van der Waals surface area contributed by atoms with E-state index < -0.39 is 10.0 Å². The van der Waals surface area contributed by atoms with E-state index in [1.165, 1.54) is 4.31 Å². The van der Waals surface area contributed by atoms with Gasteiger partial charge in [-0.25, -0.2) is 8.42 Å². The van der Waals surface area contributed by atoms with E-state index in [-0.39, 0.29) is 6.04 Å². The molecule has 1 aliphatic rings. The number of hydrogen-bond donors (Lipinski definition) is 1. The van der Waals surface area contributed by atoms with Crippen molar-refractivity contribution in [2.75, 3.05) is 31.6 Å². The lowest BCUT2D eigenvalue weighted by atomic mass is 10.1. The van der Waals surface area contributed by atoms with Crippen LogP contribution < -0.4 is 5.32 Å². The lowest BCUT2D eigenvalue weighted by Gasteiger charge is -2.26. The second kappa shape index (κ2) is 9.13. The number of ether oxygens (including phenoxy) is 1. The first-order valence-corrected chi connectivity index (χ1v) is 11.7. The number of anilines is 1. The molecule has 2 heterocycles. The minimum absolute atomic E-state index is 0.0889. The van der Waals surface area contributed by atoms with Gasteiger partial charge in [-0.1, -0.05) is 42.5 Å². The molecule has 0 spiro atoms. The predicted octanol–water partition coefficient (Wildman–Crippen LogP) is 3.65. The lowest BCUT2D eigenvalue weighted by molar-refractivity contribution is 0.0730. The summed E-state index contributed by atoms with van der Waals surface area (Å²) in [6.07, 6.45) is 0. The van der Waals surface area contributed by atoms with E-state index >= 15 is 0 Å². The zero-order valence-corrected chi connectivity index (χ0v) is 18.5. The van der Waals surface area contributed by atoms with Crippen molar-refractivity contribution in [3.63, 3.8) is 0 Å². The third kappa shape index (κ3) is 4.76. The lowest BCUT2D eigenvalue weighted by Crippen LogP contribution is -2.40. The van der Waals surface area contributed by atoms with Crippen LogP contribution in [0.3, 0.4) is 0 Å². The second-order valence-electron chi connectivity index (χ2n) is 7.58. The molecule has 3 aromatic rings. The van der Waals surface area contributed by atoms with Crippen molar-refractivity contribution in [1.29, 1.82) is 0 Å². The van der Waals surface area contributed by atoms with Gasteiger partial charge in [0.05, 0.1) is 23.8 Å². The Balaban J connectivity index is 1.55. The van der Waals surface area contributed by atoms with Crippen LogP contribution >= 0.6 is 0 Å². The summed E-state index contributed by atoms with van der Waals surface area (Å²) in [5, 5.41) is 11.9. The molecule has 1 aromatic heterocycles. The van der Waals surface area contributed by atoms with Gasteiger partial charge in [0.15, 0.2) is 0 Å². The van der Waals surface area contributed by atoms with Crippen molar-refractivity contribution in [2.45, 2.75) is 24.8 Å². The molecule has 4 rings (SSSR count). The molecule has 1 unspecified atom stereocenters. The smallest absolute Gasteiger partial charge is 0.243 e. The van der Waals surface area contributed by atoms with Crippen molar-refractivity contribution >= 4 is 15.8 Å². The maximum atomic E-state index is 13.1. The molecule has 1 aliphatic heterocycles. The maximum Gasteiger partial charge on any atom is 0.243 e. The Hall–Kier alpha value is -2.81. The first-order chi connectivity index (χ1) is 14.9. The maximum absolute atomic E-state index is 13.1. The van der Waals surface area contributed by atoms with Crippen LogP contribution in [0.4, 0.5) is 5.82 Å². The third-order valence-corrected chi connectivity index (χ3v) is 7.44. The normalized spacial score (nSPS) is 16.1. The van der Waals surface area contributed by atoms with Crippen LogP contribution in [-0.2, 0) is 14.8 Å². The Morgan fingerprint density at radius 1 is 1.00 bits per heavy atom. The van der Waals surface area contributed by atoms with Gasteiger partial charge in [-0.05, 0) is 43.2 Å². The number of nitrogens with one attached hydrogen (secondary N) is 1. The molecule has 0 aliphatic carbocycles. The summed E-state index contributed by atoms with van der Waals surface area (Å²) in [4.78, 5) is 0.300. The minimum atomic E-state index is -3.59. The summed E-state index contributed by atoms with van der Waals surface area (Å²) in [5.74, 6) is 0.661. The number of hydrogen-bond acceptors (Lipinski definition) is 6. The van der Waals surface area contributed by atoms with E-state index in [0.717, 1.165) is 5.56 Å². The van der Waals surface area contributed by atoms with E-state index in [0.29, 0.717) is 53.8 Å². The van der Waals surface area contributed by atoms with Gasteiger partial charge >= 0.3 is 0 Å². The molecular formula is C23H26N4O3S. The number of morpholine rings is 1. The van der Waals surface area contributed by atoms with E-state index in [2.05, 4.69) is 34.6 Å². The van der Waals surface area contributed by atoms with E-state index in [4.69, 9.17) is 4.74 Å². The van der Waals surface area contributed by atoms with Crippen LogP contribution in [0.2, 0.25) is 0 Å². The zero-order valence-electron chi connectivity index (χ0n) is 17.7. The summed E-state index contributed by atoms with van der Waals surface area (Å²) in [5.41, 5.74) is 3.20. The van der Waals surface area contributed by atoms with Crippen molar-refractivity contribution in [3.05, 3.63) is 71.8 Å². The molecule has 0 amide bonds. The molecule has 1 N–H and O–H groups in total. The molecule has 162 valence electrons. The summed E-state index contributed by atoms with van der Waals surface area (Å²) in [6.45, 7) is 5.44. The molecule has 1 fully saturated rings. The fourth-order valence-electron chi connectivity index (χ4n) is 3.57. The molecule has 2 aromatic carbocycles. The molecule has 1 saturated heterocycles. The molecule has 0 radical (unpaired) electrons. The standard InChI is InChI=1S/C23H26N4O3S/c1-17-8-9-20(16-22(17)31(28,29)27-12-14-30-15-13-27)21-10-11-23(26-25-21)24-18(2)19-6-4-3-5-7-19/h3-11,16,18H,12-15H2,1-2H3,(H,24,26). The first-order valence-electron chi connectivity index (χ1n) is 10.3. The number of sulfonamides is 1. The SMILES string of the molecule is Cc1ccc(-c2ccc(NC(C)c3ccccc3)nn2)cc1S(=O)(=O)N1CCOCC1. The second-order valence-corrected chi connectivity index (χ2v) is 9.48. The predicted molar refractivity (Wildman–Crippen MR) is 120 cm³/mol. The van der Waals surface area contributed by atoms with Crippen LogP contribution in [-0.4, -0.2) is 49.2 Å². The summed E-state index contributed by atoms with van der Waals surface area (Å²) in [7, 11) is -3.59. The first kappa shape index (κ1) is 21.4. The molecule has 7 nitrogen and oxygen atoms in total. The number of aryl methyl sites for hydroxylation is 1. The van der Waals surface area contributed by atoms with Crippen LogP contribution in [0.1, 0.15) is 24.1 Å². The van der Waals surface area contributed by atoms with Crippen molar-refractivity contribution in [3.8, 4) is 11.3 Å². The number of nitrogens with zero attached hydrogens (tertiary/aromatic N) is 3. The van der Waals surface area contributed by atoms with Gasteiger partial charge < -0.3 is 10.1 Å². The Bertz CT molecular complexity index is 1130. The van der Waals surface area contributed by atoms with Crippen LogP contribution in [0.25, 0.3) is 11.3 Å². The molecule has 0 bridgehead atoms. The fraction of sp³-hybridized carbons (Fsp3) is 0.304. The number of rotatable bonds is 6. The van der Waals surface area contributed by atoms with Gasteiger partial charge in [0, 0.05) is 24.7 Å². The monoisotopic (exact) mass is 438 g/mol. The van der Waals surface area contributed by atoms with Crippen LogP contribution in [0.15, 0.2) is 65.6 Å². The molecule has 0 saturated carbocycles. The summed E-state index contributed by atoms with van der Waals surface area (Å²) < 4.78 is 33.0. The van der Waals surface area contributed by atoms with E-state index in [9.17, 15) is 8.42 Å². The Kier molecular flexibility index (Phi) is 6.31. The van der Waals surface area contributed by atoms with E-state index in [1.54, 1.807) is 13.0 Å². The third-order valence-electron chi connectivity index (χ3n) is 5.40.